The first-order valence-corrected chi connectivity index (χ1v) is 6.95. The van der Waals surface area contributed by atoms with Crippen LogP contribution in [0.3, 0.4) is 0 Å². The van der Waals surface area contributed by atoms with Crippen LogP contribution in [0.15, 0.2) is 22.8 Å². The largest absolute Gasteiger partial charge is 0.396 e. The SMILES string of the molecule is OCCCCCCNc1nc2ccc(Br)cn2n1. The van der Waals surface area contributed by atoms with Gasteiger partial charge >= 0.3 is 0 Å². The maximum Gasteiger partial charge on any atom is 0.243 e. The van der Waals surface area contributed by atoms with Gasteiger partial charge in [-0.1, -0.05) is 12.8 Å². The second-order valence-electron chi connectivity index (χ2n) is 4.15. The molecular weight excluding hydrogens is 296 g/mol. The Morgan fingerprint density at radius 2 is 2.06 bits per heavy atom. The monoisotopic (exact) mass is 312 g/mol. The average Bonchev–Trinajstić information content (AvgIpc) is 2.75. The molecule has 0 fully saturated rings. The molecule has 98 valence electrons. The summed E-state index contributed by atoms with van der Waals surface area (Å²) in [6, 6.07) is 3.87. The molecule has 2 heterocycles. The Hall–Kier alpha value is -1.14. The fraction of sp³-hybridized carbons (Fsp3) is 0.500. The van der Waals surface area contributed by atoms with Crippen molar-refractivity contribution >= 4 is 27.5 Å². The molecule has 0 aromatic carbocycles. The number of nitrogens with zero attached hydrogens (tertiary/aromatic N) is 3. The lowest BCUT2D eigenvalue weighted by Crippen LogP contribution is -2.03. The summed E-state index contributed by atoms with van der Waals surface area (Å²) in [7, 11) is 0. The van der Waals surface area contributed by atoms with E-state index >= 15 is 0 Å². The lowest BCUT2D eigenvalue weighted by molar-refractivity contribution is 0.283. The Bertz CT molecular complexity index is 500. The van der Waals surface area contributed by atoms with E-state index in [1.165, 1.54) is 0 Å². The maximum atomic E-state index is 8.66. The zero-order valence-electron chi connectivity index (χ0n) is 10.1. The standard InChI is InChI=1S/C12H17BrN4O/c13-10-5-6-11-15-12(16-17(11)9-10)14-7-3-1-2-4-8-18/h5-6,9,18H,1-4,7-8H2,(H,14,16). The van der Waals surface area contributed by atoms with E-state index in [1.807, 2.05) is 18.3 Å². The number of hydrogen-bond acceptors (Lipinski definition) is 4. The van der Waals surface area contributed by atoms with Crippen molar-refractivity contribution in [2.24, 2.45) is 0 Å². The molecule has 2 aromatic rings. The molecule has 0 saturated heterocycles. The van der Waals surface area contributed by atoms with Gasteiger partial charge in [0, 0.05) is 23.8 Å². The van der Waals surface area contributed by atoms with E-state index < -0.39 is 0 Å². The Morgan fingerprint density at radius 1 is 1.22 bits per heavy atom. The van der Waals surface area contributed by atoms with Crippen LogP contribution in [-0.2, 0) is 0 Å². The number of fused-ring (bicyclic) bond motifs is 1. The summed E-state index contributed by atoms with van der Waals surface area (Å²) >= 11 is 3.40. The highest BCUT2D eigenvalue weighted by molar-refractivity contribution is 9.10. The van der Waals surface area contributed by atoms with Crippen LogP contribution in [0.1, 0.15) is 25.7 Å². The molecule has 6 heteroatoms. The first-order chi connectivity index (χ1) is 8.79. The molecule has 0 radical (unpaired) electrons. The van der Waals surface area contributed by atoms with Gasteiger partial charge in [-0.15, -0.1) is 5.10 Å². The fourth-order valence-electron chi connectivity index (χ4n) is 1.72. The van der Waals surface area contributed by atoms with Crippen LogP contribution in [0, 0.1) is 0 Å². The zero-order valence-corrected chi connectivity index (χ0v) is 11.7. The summed E-state index contributed by atoms with van der Waals surface area (Å²) in [5, 5.41) is 16.2. The van der Waals surface area contributed by atoms with Crippen molar-refractivity contribution in [1.29, 1.82) is 0 Å². The highest BCUT2D eigenvalue weighted by Gasteiger charge is 2.02. The van der Waals surface area contributed by atoms with E-state index in [9.17, 15) is 0 Å². The van der Waals surface area contributed by atoms with E-state index in [4.69, 9.17) is 5.11 Å². The number of rotatable bonds is 7. The number of nitrogens with one attached hydrogen (secondary N) is 1. The number of pyridine rings is 1. The van der Waals surface area contributed by atoms with Crippen molar-refractivity contribution < 1.29 is 5.11 Å². The summed E-state index contributed by atoms with van der Waals surface area (Å²) in [6.45, 7) is 1.15. The van der Waals surface area contributed by atoms with Crippen LogP contribution >= 0.6 is 15.9 Å². The van der Waals surface area contributed by atoms with Crippen molar-refractivity contribution in [3.63, 3.8) is 0 Å². The first-order valence-electron chi connectivity index (χ1n) is 6.16. The fourth-order valence-corrected chi connectivity index (χ4v) is 2.05. The zero-order chi connectivity index (χ0) is 12.8. The van der Waals surface area contributed by atoms with Crippen LogP contribution in [0.25, 0.3) is 5.65 Å². The molecule has 18 heavy (non-hydrogen) atoms. The van der Waals surface area contributed by atoms with E-state index in [1.54, 1.807) is 4.52 Å². The van der Waals surface area contributed by atoms with Crippen molar-refractivity contribution in [3.8, 4) is 0 Å². The molecule has 0 aliphatic carbocycles. The second kappa shape index (κ2) is 6.70. The molecule has 2 aromatic heterocycles. The Labute approximate surface area is 114 Å². The van der Waals surface area contributed by atoms with Crippen molar-refractivity contribution in [3.05, 3.63) is 22.8 Å². The van der Waals surface area contributed by atoms with E-state index in [2.05, 4.69) is 31.3 Å². The summed E-state index contributed by atoms with van der Waals surface area (Å²) in [4.78, 5) is 4.37. The summed E-state index contributed by atoms with van der Waals surface area (Å²) in [5.74, 6) is 0.662. The van der Waals surface area contributed by atoms with Gasteiger partial charge in [-0.25, -0.2) is 4.52 Å². The Kier molecular flexibility index (Phi) is 4.95. The van der Waals surface area contributed by atoms with Crippen LogP contribution in [0.2, 0.25) is 0 Å². The lowest BCUT2D eigenvalue weighted by Gasteiger charge is -2.00. The van der Waals surface area contributed by atoms with Gasteiger partial charge in [0.15, 0.2) is 5.65 Å². The van der Waals surface area contributed by atoms with Crippen LogP contribution in [0.4, 0.5) is 5.95 Å². The highest BCUT2D eigenvalue weighted by Crippen LogP contribution is 2.12. The normalized spacial score (nSPS) is 11.0. The van der Waals surface area contributed by atoms with Gasteiger partial charge in [-0.05, 0) is 40.9 Å². The van der Waals surface area contributed by atoms with Gasteiger partial charge in [0.1, 0.15) is 0 Å². The highest BCUT2D eigenvalue weighted by atomic mass is 79.9. The molecule has 0 bridgehead atoms. The van der Waals surface area contributed by atoms with Gasteiger partial charge in [0.2, 0.25) is 5.95 Å². The first kappa shape index (κ1) is 13.3. The number of aliphatic hydroxyl groups excluding tert-OH is 1. The lowest BCUT2D eigenvalue weighted by atomic mass is 10.2. The van der Waals surface area contributed by atoms with Gasteiger partial charge in [0.05, 0.1) is 0 Å². The molecule has 2 N–H and O–H groups in total. The Morgan fingerprint density at radius 3 is 2.89 bits per heavy atom. The van der Waals surface area contributed by atoms with Crippen LogP contribution in [0.5, 0.6) is 0 Å². The molecule has 0 spiro atoms. The number of hydrogen-bond donors (Lipinski definition) is 2. The summed E-state index contributed by atoms with van der Waals surface area (Å²) in [5.41, 5.74) is 0.834. The van der Waals surface area contributed by atoms with Crippen molar-refractivity contribution in [1.82, 2.24) is 14.6 Å². The van der Waals surface area contributed by atoms with Crippen molar-refractivity contribution in [2.75, 3.05) is 18.5 Å². The quantitative estimate of drug-likeness (QED) is 0.771. The maximum absolute atomic E-state index is 8.66. The van der Waals surface area contributed by atoms with Gasteiger partial charge in [0.25, 0.3) is 0 Å². The smallest absolute Gasteiger partial charge is 0.243 e. The number of halogens is 1. The van der Waals surface area contributed by atoms with Gasteiger partial charge in [-0.2, -0.15) is 4.98 Å². The number of unbranched alkanes of at least 4 members (excludes halogenated alkanes) is 3. The molecule has 0 aliphatic heterocycles. The number of aromatic nitrogens is 3. The summed E-state index contributed by atoms with van der Waals surface area (Å²) < 4.78 is 2.73. The Balaban J connectivity index is 1.81. The van der Waals surface area contributed by atoms with E-state index in [0.29, 0.717) is 5.95 Å². The van der Waals surface area contributed by atoms with Crippen LogP contribution < -0.4 is 5.32 Å². The third kappa shape index (κ3) is 3.68. The van der Waals surface area contributed by atoms with E-state index in [-0.39, 0.29) is 6.61 Å². The molecule has 0 atom stereocenters. The third-order valence-corrected chi connectivity index (χ3v) is 3.13. The van der Waals surface area contributed by atoms with Crippen LogP contribution in [-0.4, -0.2) is 32.9 Å². The second-order valence-corrected chi connectivity index (χ2v) is 5.07. The molecule has 0 saturated carbocycles. The minimum Gasteiger partial charge on any atom is -0.396 e. The molecule has 2 rings (SSSR count). The average molecular weight is 313 g/mol. The van der Waals surface area contributed by atoms with Crippen molar-refractivity contribution in [2.45, 2.75) is 25.7 Å². The molecule has 0 amide bonds. The van der Waals surface area contributed by atoms with Gasteiger partial charge in [-0.3, -0.25) is 0 Å². The van der Waals surface area contributed by atoms with E-state index in [0.717, 1.165) is 42.3 Å². The molecule has 5 nitrogen and oxygen atoms in total. The molecular formula is C12H17BrN4O. The molecule has 0 unspecified atom stereocenters. The van der Waals surface area contributed by atoms with Gasteiger partial charge < -0.3 is 10.4 Å². The topological polar surface area (TPSA) is 62.5 Å². The minimum absolute atomic E-state index is 0.288. The predicted molar refractivity (Wildman–Crippen MR) is 74.7 cm³/mol. The predicted octanol–water partition coefficient (Wildman–Crippen LogP) is 2.46. The molecule has 0 aliphatic rings. The third-order valence-electron chi connectivity index (χ3n) is 2.66. The number of anilines is 1. The summed E-state index contributed by atoms with van der Waals surface area (Å²) in [6.07, 6.45) is 6.03. The number of aliphatic hydroxyl groups is 1. The minimum atomic E-state index is 0.288.